The fourth-order valence-electron chi connectivity index (χ4n) is 5.31. The maximum Gasteiger partial charge on any atom is 0.231 e. The van der Waals surface area contributed by atoms with Gasteiger partial charge < -0.3 is 14.6 Å². The molecule has 3 atom stereocenters. The van der Waals surface area contributed by atoms with E-state index in [1.54, 1.807) is 6.07 Å². The van der Waals surface area contributed by atoms with Crippen LogP contribution in [0, 0.1) is 11.7 Å². The first-order chi connectivity index (χ1) is 13.6. The summed E-state index contributed by atoms with van der Waals surface area (Å²) in [5, 5.41) is 11.4. The topological polar surface area (TPSA) is 41.9 Å². The number of halogens is 1. The van der Waals surface area contributed by atoms with Gasteiger partial charge in [0, 0.05) is 30.6 Å². The van der Waals surface area contributed by atoms with Crippen molar-refractivity contribution in [2.24, 2.45) is 5.92 Å². The third-order valence-corrected chi connectivity index (χ3v) is 6.74. The van der Waals surface area contributed by atoms with E-state index in [9.17, 15) is 9.50 Å². The van der Waals surface area contributed by atoms with Crippen LogP contribution < -0.4 is 9.47 Å². The molecule has 0 radical (unpaired) electrons. The maximum atomic E-state index is 14.3. The van der Waals surface area contributed by atoms with Crippen LogP contribution in [-0.4, -0.2) is 28.9 Å². The first-order valence-electron chi connectivity index (χ1n) is 10.2. The predicted octanol–water partition coefficient (Wildman–Crippen LogP) is 4.42. The van der Waals surface area contributed by atoms with Crippen LogP contribution in [0.15, 0.2) is 42.5 Å². The fraction of sp³-hybridized carbons (Fsp3) is 0.478. The zero-order valence-electron chi connectivity index (χ0n) is 15.9. The fourth-order valence-corrected chi connectivity index (χ4v) is 5.31. The van der Waals surface area contributed by atoms with Crippen molar-refractivity contribution in [2.75, 3.05) is 13.3 Å². The summed E-state index contributed by atoms with van der Waals surface area (Å²) in [5.41, 5.74) is 1.19. The van der Waals surface area contributed by atoms with Gasteiger partial charge in [0.15, 0.2) is 11.5 Å². The molecule has 148 valence electrons. The van der Waals surface area contributed by atoms with E-state index in [2.05, 4.69) is 11.0 Å². The highest BCUT2D eigenvalue weighted by molar-refractivity contribution is 5.45. The van der Waals surface area contributed by atoms with Crippen molar-refractivity contribution in [3.05, 3.63) is 59.4 Å². The van der Waals surface area contributed by atoms with E-state index in [0.29, 0.717) is 12.1 Å². The lowest BCUT2D eigenvalue weighted by Gasteiger charge is -2.52. The van der Waals surface area contributed by atoms with Crippen molar-refractivity contribution < 1.29 is 19.0 Å². The Hall–Kier alpha value is -2.11. The molecule has 3 aliphatic rings. The second-order valence-electron chi connectivity index (χ2n) is 8.33. The number of likely N-dealkylation sites (tertiary alicyclic amines) is 1. The number of nitrogens with zero attached hydrogens (tertiary/aromatic N) is 1. The lowest BCUT2D eigenvalue weighted by molar-refractivity contribution is -0.126. The third-order valence-electron chi connectivity index (χ3n) is 6.74. The standard InChI is InChI=1S/C23H26FNO3/c24-19-7-2-1-5-17(19)14-25-12-11-23(26)10-4-3-6-18(23)22(25)16-8-9-20-21(13-16)28-15-27-20/h1-2,5,7-9,13,18,22,26H,3-4,6,10-12,14-15H2/t18-,22-,23-/m1/s1. The quantitative estimate of drug-likeness (QED) is 0.852. The summed E-state index contributed by atoms with van der Waals surface area (Å²) in [6.45, 7) is 1.54. The van der Waals surface area contributed by atoms with E-state index in [0.717, 1.165) is 55.7 Å². The van der Waals surface area contributed by atoms with Crippen LogP contribution in [0.2, 0.25) is 0 Å². The Kier molecular flexibility index (Phi) is 4.52. The number of fused-ring (bicyclic) bond motifs is 2. The zero-order chi connectivity index (χ0) is 19.1. The molecule has 0 spiro atoms. The van der Waals surface area contributed by atoms with Gasteiger partial charge in [-0.1, -0.05) is 37.1 Å². The Morgan fingerprint density at radius 1 is 1.07 bits per heavy atom. The second kappa shape index (κ2) is 7.05. The van der Waals surface area contributed by atoms with E-state index in [-0.39, 0.29) is 24.6 Å². The van der Waals surface area contributed by atoms with Gasteiger partial charge in [0.1, 0.15) is 5.82 Å². The van der Waals surface area contributed by atoms with Crippen molar-refractivity contribution in [3.63, 3.8) is 0 Å². The van der Waals surface area contributed by atoms with Crippen LogP contribution in [0.1, 0.15) is 49.3 Å². The van der Waals surface area contributed by atoms with Gasteiger partial charge in [0.25, 0.3) is 0 Å². The normalized spacial score (nSPS) is 29.5. The minimum atomic E-state index is -0.634. The number of ether oxygens (including phenoxy) is 2. The number of hydrogen-bond donors (Lipinski definition) is 1. The van der Waals surface area contributed by atoms with Crippen LogP contribution in [-0.2, 0) is 6.54 Å². The molecule has 4 nitrogen and oxygen atoms in total. The molecule has 2 aromatic rings. The molecule has 2 aromatic carbocycles. The lowest BCUT2D eigenvalue weighted by Crippen LogP contribution is -2.54. The van der Waals surface area contributed by atoms with Gasteiger partial charge in [-0.2, -0.15) is 0 Å². The molecular formula is C23H26FNO3. The van der Waals surface area contributed by atoms with Gasteiger partial charge in [0.05, 0.1) is 5.60 Å². The Balaban J connectivity index is 1.53. The highest BCUT2D eigenvalue weighted by Gasteiger charge is 2.49. The number of benzene rings is 2. The summed E-state index contributed by atoms with van der Waals surface area (Å²) in [4.78, 5) is 2.33. The molecule has 1 aliphatic carbocycles. The van der Waals surface area contributed by atoms with Crippen LogP contribution in [0.5, 0.6) is 11.5 Å². The first kappa shape index (κ1) is 18.0. The summed E-state index contributed by atoms with van der Waals surface area (Å²) >= 11 is 0. The molecule has 2 fully saturated rings. The van der Waals surface area contributed by atoms with Gasteiger partial charge in [-0.15, -0.1) is 0 Å². The van der Waals surface area contributed by atoms with Crippen LogP contribution >= 0.6 is 0 Å². The molecule has 2 aliphatic heterocycles. The maximum absolute atomic E-state index is 14.3. The zero-order valence-corrected chi connectivity index (χ0v) is 15.9. The lowest BCUT2D eigenvalue weighted by atomic mass is 9.66. The van der Waals surface area contributed by atoms with Crippen LogP contribution in [0.4, 0.5) is 4.39 Å². The highest BCUT2D eigenvalue weighted by atomic mass is 19.1. The smallest absolute Gasteiger partial charge is 0.231 e. The largest absolute Gasteiger partial charge is 0.454 e. The van der Waals surface area contributed by atoms with Crippen LogP contribution in [0.3, 0.4) is 0 Å². The molecular weight excluding hydrogens is 357 g/mol. The predicted molar refractivity (Wildman–Crippen MR) is 104 cm³/mol. The number of rotatable bonds is 3. The van der Waals surface area contributed by atoms with Crippen molar-refractivity contribution in [1.82, 2.24) is 4.90 Å². The SMILES string of the molecule is O[C@@]12CCCC[C@@H]1[C@@H](c1ccc3c(c1)OCO3)N(Cc1ccccc1F)CC2. The summed E-state index contributed by atoms with van der Waals surface area (Å²) in [7, 11) is 0. The van der Waals surface area contributed by atoms with E-state index in [1.165, 1.54) is 6.07 Å². The number of aliphatic hydroxyl groups is 1. The van der Waals surface area contributed by atoms with Crippen LogP contribution in [0.25, 0.3) is 0 Å². The van der Waals surface area contributed by atoms with Crippen molar-refractivity contribution in [2.45, 2.75) is 50.3 Å². The molecule has 1 N–H and O–H groups in total. The number of hydrogen-bond acceptors (Lipinski definition) is 4. The van der Waals surface area contributed by atoms with E-state index >= 15 is 0 Å². The molecule has 1 saturated heterocycles. The monoisotopic (exact) mass is 383 g/mol. The van der Waals surface area contributed by atoms with Gasteiger partial charge in [-0.3, -0.25) is 4.90 Å². The Bertz CT molecular complexity index is 873. The van der Waals surface area contributed by atoms with E-state index in [1.807, 2.05) is 24.3 Å². The molecule has 0 aromatic heterocycles. The summed E-state index contributed by atoms with van der Waals surface area (Å²) in [6, 6.07) is 13.1. The van der Waals surface area contributed by atoms with E-state index < -0.39 is 5.60 Å². The number of piperidine rings is 1. The van der Waals surface area contributed by atoms with Crippen molar-refractivity contribution >= 4 is 0 Å². The molecule has 1 saturated carbocycles. The summed E-state index contributed by atoms with van der Waals surface area (Å²) in [6.07, 6.45) is 4.79. The molecule has 5 heteroatoms. The molecule has 2 heterocycles. The minimum absolute atomic E-state index is 0.0353. The minimum Gasteiger partial charge on any atom is -0.454 e. The first-order valence-corrected chi connectivity index (χ1v) is 10.2. The van der Waals surface area contributed by atoms with Crippen molar-refractivity contribution in [1.29, 1.82) is 0 Å². The van der Waals surface area contributed by atoms with Crippen molar-refractivity contribution in [3.8, 4) is 11.5 Å². The van der Waals surface area contributed by atoms with Gasteiger partial charge in [0.2, 0.25) is 6.79 Å². The Morgan fingerprint density at radius 3 is 2.82 bits per heavy atom. The van der Waals surface area contributed by atoms with Gasteiger partial charge in [-0.25, -0.2) is 4.39 Å². The average Bonchev–Trinajstić information content (AvgIpc) is 3.17. The average molecular weight is 383 g/mol. The Labute approximate surface area is 164 Å². The molecule has 28 heavy (non-hydrogen) atoms. The molecule has 0 bridgehead atoms. The van der Waals surface area contributed by atoms with E-state index in [4.69, 9.17) is 9.47 Å². The third kappa shape index (κ3) is 3.07. The summed E-state index contributed by atoms with van der Waals surface area (Å²) in [5.74, 6) is 1.49. The highest BCUT2D eigenvalue weighted by Crippen LogP contribution is 2.50. The molecule has 0 unspecified atom stereocenters. The van der Waals surface area contributed by atoms with Gasteiger partial charge in [-0.05, 0) is 43.0 Å². The van der Waals surface area contributed by atoms with Gasteiger partial charge >= 0.3 is 0 Å². The second-order valence-corrected chi connectivity index (χ2v) is 8.33. The molecule has 5 rings (SSSR count). The summed E-state index contributed by atoms with van der Waals surface area (Å²) < 4.78 is 25.4. The Morgan fingerprint density at radius 2 is 1.93 bits per heavy atom. The molecule has 0 amide bonds.